The van der Waals surface area contributed by atoms with Gasteiger partial charge < -0.3 is 24.8 Å². The molecule has 4 heteroatoms. The summed E-state index contributed by atoms with van der Waals surface area (Å²) in [4.78, 5) is 0. The smallest absolute Gasteiger partial charge is 1.00 e. The van der Waals surface area contributed by atoms with Gasteiger partial charge in [-0.2, -0.15) is 12.1 Å². The summed E-state index contributed by atoms with van der Waals surface area (Å²) in [6, 6.07) is 34.9. The van der Waals surface area contributed by atoms with E-state index in [1.54, 1.807) is 6.55 Å². The van der Waals surface area contributed by atoms with Crippen molar-refractivity contribution in [2.75, 3.05) is 0 Å². The van der Waals surface area contributed by atoms with E-state index in [1.165, 1.54) is 54.2 Å². The zero-order chi connectivity index (χ0) is 23.1. The maximum absolute atomic E-state index is 2.97. The SMILES string of the molecule is CC.C[Si].Cc1cc2c(ccc3ccccc32)[cH-]1.Cc1cc2c(ccc3ccccc32)[cH-]1.[Cl-].[Cl-].[Zr+4]. The molecule has 0 saturated carbocycles. The average molecular weight is 594 g/mol. The Balaban J connectivity index is 0.000000539. The molecule has 0 fully saturated rings. The molecular weight excluding hydrogens is 563 g/mol. The predicted molar refractivity (Wildman–Crippen MR) is 147 cm³/mol. The predicted octanol–water partition coefficient (Wildman–Crippen LogP) is 3.28. The number of fused-ring (bicyclic) bond motifs is 6. The van der Waals surface area contributed by atoms with Gasteiger partial charge in [0.15, 0.2) is 0 Å². The van der Waals surface area contributed by atoms with Gasteiger partial charge in [0.05, 0.1) is 0 Å². The first-order valence-corrected chi connectivity index (χ1v) is 12.3. The molecule has 0 aliphatic carbocycles. The van der Waals surface area contributed by atoms with E-state index in [-0.39, 0.29) is 51.0 Å². The van der Waals surface area contributed by atoms with Crippen LogP contribution in [0.3, 0.4) is 0 Å². The molecule has 0 spiro atoms. The molecule has 0 N–H and O–H groups in total. The quantitative estimate of drug-likeness (QED) is 0.187. The second-order valence-electron chi connectivity index (χ2n) is 7.64. The zero-order valence-electron chi connectivity index (χ0n) is 21.0. The number of halogens is 2. The van der Waals surface area contributed by atoms with E-state index < -0.39 is 0 Å². The van der Waals surface area contributed by atoms with Crippen LogP contribution in [0.1, 0.15) is 25.0 Å². The van der Waals surface area contributed by atoms with Crippen molar-refractivity contribution in [3.8, 4) is 0 Å². The minimum absolute atomic E-state index is 0. The van der Waals surface area contributed by atoms with Crippen LogP contribution < -0.4 is 24.8 Å². The maximum atomic E-state index is 2.97. The Kier molecular flexibility index (Phi) is 15.3. The van der Waals surface area contributed by atoms with Crippen molar-refractivity contribution < 1.29 is 51.0 Å². The molecule has 6 rings (SSSR count). The van der Waals surface area contributed by atoms with Crippen LogP contribution in [-0.2, 0) is 26.2 Å². The maximum Gasteiger partial charge on any atom is 4.00 e. The van der Waals surface area contributed by atoms with Crippen LogP contribution in [0.5, 0.6) is 0 Å². The van der Waals surface area contributed by atoms with E-state index >= 15 is 0 Å². The minimum atomic E-state index is 0. The Bertz CT molecular complexity index is 1330. The number of aryl methyl sites for hydroxylation is 2. The average Bonchev–Trinajstić information content (AvgIpc) is 3.43. The van der Waals surface area contributed by atoms with Crippen LogP contribution in [0.4, 0.5) is 0 Å². The standard InChI is InChI=1S/2C14H11.C2H6.CH3Si.2ClH.Zr/c2*1-10-8-12-7-6-11-4-2-3-5-13(11)14(12)9-10;2*1-2;;;/h2*2-9H,1H3;1-2H3;1H3;2*1H;/q2*-1;;;;;+4/p-2. The largest absolute Gasteiger partial charge is 4.00 e. The summed E-state index contributed by atoms with van der Waals surface area (Å²) >= 11 is 0. The fourth-order valence-corrected chi connectivity index (χ4v) is 4.23. The van der Waals surface area contributed by atoms with Gasteiger partial charge >= 0.3 is 26.2 Å². The summed E-state index contributed by atoms with van der Waals surface area (Å²) < 4.78 is 0. The Morgan fingerprint density at radius 2 is 0.857 bits per heavy atom. The molecule has 3 radical (unpaired) electrons. The molecule has 0 bridgehead atoms. The van der Waals surface area contributed by atoms with Crippen molar-refractivity contribution in [1.29, 1.82) is 0 Å². The first kappa shape index (κ1) is 33.3. The minimum Gasteiger partial charge on any atom is -1.00 e. The monoisotopic (exact) mass is 591 g/mol. The third-order valence-electron chi connectivity index (χ3n) is 5.52. The molecule has 0 atom stereocenters. The van der Waals surface area contributed by atoms with Gasteiger partial charge in [0.1, 0.15) is 0 Å². The van der Waals surface area contributed by atoms with Crippen LogP contribution in [0.2, 0.25) is 6.55 Å². The van der Waals surface area contributed by atoms with E-state index in [0.717, 1.165) is 0 Å². The number of hydrogen-bond donors (Lipinski definition) is 0. The van der Waals surface area contributed by atoms with Gasteiger partial charge in [-0.15, -0.1) is 56.9 Å². The molecule has 0 aliphatic heterocycles. The second-order valence-corrected chi connectivity index (χ2v) is 7.64. The molecule has 0 aliphatic rings. The Morgan fingerprint density at radius 1 is 0.514 bits per heavy atom. The number of hydrogen-bond acceptors (Lipinski definition) is 0. The van der Waals surface area contributed by atoms with E-state index in [4.69, 9.17) is 0 Å². The van der Waals surface area contributed by atoms with Gasteiger partial charge in [-0.25, -0.2) is 0 Å². The molecule has 0 aromatic heterocycles. The molecule has 0 nitrogen and oxygen atoms in total. The molecular formula is C31H31Cl2SiZr. The molecule has 6 aromatic carbocycles. The molecule has 35 heavy (non-hydrogen) atoms. The second kappa shape index (κ2) is 16.1. The number of rotatable bonds is 0. The third kappa shape index (κ3) is 7.64. The van der Waals surface area contributed by atoms with Crippen molar-refractivity contribution in [2.45, 2.75) is 34.2 Å². The van der Waals surface area contributed by atoms with Crippen molar-refractivity contribution in [3.05, 3.63) is 108 Å². The van der Waals surface area contributed by atoms with E-state index in [2.05, 4.69) is 121 Å². The summed E-state index contributed by atoms with van der Waals surface area (Å²) in [5, 5.41) is 10.8. The van der Waals surface area contributed by atoms with Crippen LogP contribution in [0.25, 0.3) is 43.1 Å². The van der Waals surface area contributed by atoms with E-state index in [9.17, 15) is 0 Å². The van der Waals surface area contributed by atoms with Gasteiger partial charge in [0.2, 0.25) is 0 Å². The van der Waals surface area contributed by atoms with Gasteiger partial charge in [0, 0.05) is 10.2 Å². The fraction of sp³-hybridized carbons (Fsp3) is 0.161. The molecule has 0 amide bonds. The Hall–Kier alpha value is -1.70. The number of benzene rings is 4. The van der Waals surface area contributed by atoms with Crippen LogP contribution in [0.15, 0.2) is 97.1 Å². The van der Waals surface area contributed by atoms with Crippen LogP contribution in [0, 0.1) is 13.8 Å². The first-order valence-electron chi connectivity index (χ1n) is 11.3. The fourth-order valence-electron chi connectivity index (χ4n) is 4.23. The molecule has 0 unspecified atom stereocenters. The summed E-state index contributed by atoms with van der Waals surface area (Å²) in [6.45, 7) is 10.1. The molecule has 0 saturated heterocycles. The summed E-state index contributed by atoms with van der Waals surface area (Å²) in [5.41, 5.74) is 2.69. The normalized spacial score (nSPS) is 9.31. The first-order chi connectivity index (χ1) is 15.7. The Morgan fingerprint density at radius 3 is 1.23 bits per heavy atom. The summed E-state index contributed by atoms with van der Waals surface area (Å²) in [7, 11) is 2.97. The zero-order valence-corrected chi connectivity index (χ0v) is 26.0. The van der Waals surface area contributed by atoms with Gasteiger partial charge in [-0.05, 0) is 10.8 Å². The topological polar surface area (TPSA) is 0 Å². The molecule has 0 heterocycles. The summed E-state index contributed by atoms with van der Waals surface area (Å²) in [5.74, 6) is 0. The van der Waals surface area contributed by atoms with Gasteiger partial charge in [0.25, 0.3) is 0 Å². The third-order valence-corrected chi connectivity index (χ3v) is 5.52. The van der Waals surface area contributed by atoms with Crippen molar-refractivity contribution in [3.63, 3.8) is 0 Å². The molecule has 6 aromatic rings. The molecule has 177 valence electrons. The van der Waals surface area contributed by atoms with Crippen molar-refractivity contribution in [1.82, 2.24) is 0 Å². The van der Waals surface area contributed by atoms with Crippen molar-refractivity contribution >= 4 is 53.3 Å². The van der Waals surface area contributed by atoms with Gasteiger partial charge in [-0.1, -0.05) is 106 Å². The van der Waals surface area contributed by atoms with Crippen LogP contribution in [-0.4, -0.2) is 10.2 Å². The van der Waals surface area contributed by atoms with Crippen LogP contribution >= 0.6 is 0 Å². The summed E-state index contributed by atoms with van der Waals surface area (Å²) in [6.07, 6.45) is 0. The Labute approximate surface area is 245 Å². The van der Waals surface area contributed by atoms with E-state index in [1.807, 2.05) is 13.8 Å². The van der Waals surface area contributed by atoms with E-state index in [0.29, 0.717) is 0 Å². The van der Waals surface area contributed by atoms with Crippen molar-refractivity contribution in [2.24, 2.45) is 0 Å². The van der Waals surface area contributed by atoms with Gasteiger partial charge in [-0.3, -0.25) is 0 Å².